The van der Waals surface area contributed by atoms with E-state index in [0.717, 1.165) is 5.57 Å². The first-order valence-corrected chi connectivity index (χ1v) is 10.4. The van der Waals surface area contributed by atoms with Gasteiger partial charge in [0.15, 0.2) is 0 Å². The predicted molar refractivity (Wildman–Crippen MR) is 126 cm³/mol. The zero-order valence-corrected chi connectivity index (χ0v) is 18.8. The third-order valence-electron chi connectivity index (χ3n) is 5.28. The van der Waals surface area contributed by atoms with E-state index < -0.39 is 0 Å². The molecule has 1 aromatic rings. The molecule has 2 rings (SSSR count). The van der Waals surface area contributed by atoms with Gasteiger partial charge in [0.2, 0.25) is 0 Å². The Kier molecular flexibility index (Phi) is 8.72. The summed E-state index contributed by atoms with van der Waals surface area (Å²) in [5, 5.41) is 3.94. The minimum absolute atomic E-state index is 0.264. The van der Waals surface area contributed by atoms with Crippen molar-refractivity contribution < 1.29 is 4.79 Å². The lowest BCUT2D eigenvalue weighted by molar-refractivity contribution is 0.0955. The van der Waals surface area contributed by atoms with Crippen LogP contribution in [0, 0.1) is 5.41 Å². The molecular weight excluding hydrogens is 370 g/mol. The zero-order chi connectivity index (χ0) is 22.0. The van der Waals surface area contributed by atoms with Crippen LogP contribution in [0.5, 0.6) is 0 Å². The highest BCUT2D eigenvalue weighted by Gasteiger charge is 2.26. The van der Waals surface area contributed by atoms with Crippen LogP contribution < -0.4 is 5.43 Å². The molecule has 0 saturated carbocycles. The van der Waals surface area contributed by atoms with E-state index in [1.54, 1.807) is 24.5 Å². The Labute approximate surface area is 180 Å². The summed E-state index contributed by atoms with van der Waals surface area (Å²) in [4.78, 5) is 15.8. The van der Waals surface area contributed by atoms with Gasteiger partial charge in [0.1, 0.15) is 0 Å². The summed E-state index contributed by atoms with van der Waals surface area (Å²) in [7, 11) is 0. The number of hydrogen-bond acceptors (Lipinski definition) is 3. The van der Waals surface area contributed by atoms with Gasteiger partial charge in [-0.3, -0.25) is 9.78 Å². The van der Waals surface area contributed by atoms with Gasteiger partial charge in [-0.05, 0) is 74.8 Å². The number of hydrogen-bond donors (Lipinski definition) is 1. The molecule has 0 atom stereocenters. The maximum atomic E-state index is 11.9. The Morgan fingerprint density at radius 2 is 1.97 bits per heavy atom. The summed E-state index contributed by atoms with van der Waals surface area (Å²) in [5.74, 6) is -0.280. The highest BCUT2D eigenvalue weighted by Crippen LogP contribution is 2.40. The molecule has 1 heterocycles. The Bertz CT molecular complexity index is 913. The van der Waals surface area contributed by atoms with Crippen molar-refractivity contribution in [3.63, 3.8) is 0 Å². The molecular formula is C26H33N3O. The number of amides is 1. The molecule has 30 heavy (non-hydrogen) atoms. The molecule has 4 nitrogen and oxygen atoms in total. The fourth-order valence-electron chi connectivity index (χ4n) is 3.50. The monoisotopic (exact) mass is 403 g/mol. The fourth-order valence-corrected chi connectivity index (χ4v) is 3.50. The topological polar surface area (TPSA) is 54.4 Å². The zero-order valence-electron chi connectivity index (χ0n) is 18.8. The molecule has 0 bridgehead atoms. The molecule has 0 saturated heterocycles. The minimum atomic E-state index is -0.280. The minimum Gasteiger partial charge on any atom is -0.267 e. The number of nitrogens with zero attached hydrogens (tertiary/aromatic N) is 2. The smallest absolute Gasteiger partial charge is 0.267 e. The molecule has 0 aromatic carbocycles. The van der Waals surface area contributed by atoms with E-state index in [1.165, 1.54) is 42.2 Å². The number of pyridine rings is 1. The van der Waals surface area contributed by atoms with Gasteiger partial charge >= 0.3 is 0 Å². The van der Waals surface area contributed by atoms with Crippen molar-refractivity contribution in [1.29, 1.82) is 0 Å². The molecule has 1 aromatic heterocycles. The molecule has 1 aliphatic carbocycles. The molecule has 0 unspecified atom stereocenters. The molecule has 1 amide bonds. The third-order valence-corrected chi connectivity index (χ3v) is 5.28. The summed E-state index contributed by atoms with van der Waals surface area (Å²) in [6.07, 6.45) is 20.9. The maximum absolute atomic E-state index is 11.9. The van der Waals surface area contributed by atoms with Gasteiger partial charge in [-0.15, -0.1) is 0 Å². The average molecular weight is 404 g/mol. The Hall–Kier alpha value is -3.01. The number of carbonyl (C=O) groups is 1. The van der Waals surface area contributed by atoms with Gasteiger partial charge in [-0.25, -0.2) is 5.43 Å². The lowest BCUT2D eigenvalue weighted by Crippen LogP contribution is -2.19. The highest BCUT2D eigenvalue weighted by molar-refractivity contribution is 5.94. The van der Waals surface area contributed by atoms with Gasteiger partial charge in [-0.2, -0.15) is 5.10 Å². The van der Waals surface area contributed by atoms with Crippen molar-refractivity contribution in [2.45, 2.75) is 53.9 Å². The first-order valence-electron chi connectivity index (χ1n) is 10.4. The van der Waals surface area contributed by atoms with Crippen LogP contribution in [0.3, 0.4) is 0 Å². The van der Waals surface area contributed by atoms with Gasteiger partial charge in [0, 0.05) is 18.6 Å². The van der Waals surface area contributed by atoms with E-state index in [2.05, 4.69) is 61.4 Å². The van der Waals surface area contributed by atoms with Crippen LogP contribution in [0.25, 0.3) is 0 Å². The van der Waals surface area contributed by atoms with E-state index >= 15 is 0 Å². The van der Waals surface area contributed by atoms with Gasteiger partial charge < -0.3 is 0 Å². The Morgan fingerprint density at radius 3 is 2.67 bits per heavy atom. The maximum Gasteiger partial charge on any atom is 0.272 e. The normalized spacial score (nSPS) is 18.0. The third kappa shape index (κ3) is 7.43. The van der Waals surface area contributed by atoms with Crippen LogP contribution in [0.4, 0.5) is 0 Å². The molecule has 0 radical (unpaired) electrons. The first kappa shape index (κ1) is 23.3. The van der Waals surface area contributed by atoms with Crippen LogP contribution in [0.2, 0.25) is 0 Å². The molecule has 4 heteroatoms. The molecule has 0 fully saturated rings. The van der Waals surface area contributed by atoms with Crippen LogP contribution in [-0.4, -0.2) is 17.1 Å². The molecule has 0 spiro atoms. The second kappa shape index (κ2) is 11.2. The van der Waals surface area contributed by atoms with Gasteiger partial charge in [-0.1, -0.05) is 55.4 Å². The summed E-state index contributed by atoms with van der Waals surface area (Å²) in [6.45, 7) is 11.0. The van der Waals surface area contributed by atoms with Crippen LogP contribution in [0.1, 0.15) is 64.2 Å². The first-order chi connectivity index (χ1) is 14.3. The average Bonchev–Trinajstić information content (AvgIpc) is 2.71. The van der Waals surface area contributed by atoms with Gasteiger partial charge in [0.05, 0.1) is 5.56 Å². The van der Waals surface area contributed by atoms with E-state index in [1.807, 2.05) is 25.2 Å². The van der Waals surface area contributed by atoms with Crippen LogP contribution in [-0.2, 0) is 0 Å². The standard InChI is InChI=1S/C26H33N3O/c1-20(13-14-24-22(3)11-7-16-26(24,4)5)9-6-10-21(2)15-18-28-29-25(30)23-12-8-17-27-19-23/h6,8-10,12-15,17-19H,7,11,16H2,1-5H3,(H,29,30)/b10-6-,14-13-,20-9+,21-15-,28-18+. The molecule has 1 aliphatic rings. The lowest BCUT2D eigenvalue weighted by atomic mass is 9.72. The molecule has 1 N–H and O–H groups in total. The number of hydrazone groups is 1. The quantitative estimate of drug-likeness (QED) is 0.329. The predicted octanol–water partition coefficient (Wildman–Crippen LogP) is 6.33. The molecule has 0 aliphatic heterocycles. The van der Waals surface area contributed by atoms with Crippen molar-refractivity contribution in [2.24, 2.45) is 10.5 Å². The Morgan fingerprint density at radius 1 is 1.20 bits per heavy atom. The Balaban J connectivity index is 1.88. The highest BCUT2D eigenvalue weighted by atomic mass is 16.2. The van der Waals surface area contributed by atoms with Crippen molar-refractivity contribution >= 4 is 12.1 Å². The van der Waals surface area contributed by atoms with Crippen LogP contribution in [0.15, 0.2) is 88.4 Å². The number of carbonyl (C=O) groups excluding carboxylic acids is 1. The van der Waals surface area contributed by atoms with Crippen molar-refractivity contribution in [1.82, 2.24) is 10.4 Å². The molecule has 158 valence electrons. The summed E-state index contributed by atoms with van der Waals surface area (Å²) in [5.41, 5.74) is 8.46. The fraction of sp³-hybridized carbons (Fsp3) is 0.346. The summed E-state index contributed by atoms with van der Waals surface area (Å²) >= 11 is 0. The van der Waals surface area contributed by atoms with E-state index in [-0.39, 0.29) is 11.3 Å². The van der Waals surface area contributed by atoms with Crippen molar-refractivity contribution in [3.8, 4) is 0 Å². The lowest BCUT2D eigenvalue weighted by Gasteiger charge is -2.32. The second-order valence-electron chi connectivity index (χ2n) is 8.41. The number of rotatable bonds is 7. The van der Waals surface area contributed by atoms with Crippen LogP contribution >= 0.6 is 0 Å². The van der Waals surface area contributed by atoms with E-state index in [4.69, 9.17) is 0 Å². The summed E-state index contributed by atoms with van der Waals surface area (Å²) in [6, 6.07) is 3.41. The van der Waals surface area contributed by atoms with Crippen molar-refractivity contribution in [2.75, 3.05) is 0 Å². The number of nitrogens with one attached hydrogen (secondary N) is 1. The number of aromatic nitrogens is 1. The van der Waals surface area contributed by atoms with E-state index in [0.29, 0.717) is 5.56 Å². The van der Waals surface area contributed by atoms with Gasteiger partial charge in [0.25, 0.3) is 5.91 Å². The van der Waals surface area contributed by atoms with Crippen molar-refractivity contribution in [3.05, 3.63) is 88.8 Å². The summed E-state index contributed by atoms with van der Waals surface area (Å²) < 4.78 is 0. The number of allylic oxidation sites excluding steroid dienone is 10. The second-order valence-corrected chi connectivity index (χ2v) is 8.41. The largest absolute Gasteiger partial charge is 0.272 e. The SMILES string of the molecule is CC1=C(\C=C/C(C)=C/C=C\C(C)=C/C=N/NC(=O)c2cccnc2)C(C)(C)CCC1. The van der Waals surface area contributed by atoms with E-state index in [9.17, 15) is 4.79 Å².